The Balaban J connectivity index is 1.15. The molecule has 0 bridgehead atoms. The van der Waals surface area contributed by atoms with Gasteiger partial charge in [0.25, 0.3) is 0 Å². The molecule has 1 fully saturated rings. The number of anilines is 3. The van der Waals surface area contributed by atoms with Crippen molar-refractivity contribution in [3.8, 4) is 22.7 Å². The number of hydrogen-bond donors (Lipinski definition) is 3. The van der Waals surface area contributed by atoms with Crippen LogP contribution in [0.15, 0.2) is 79.1 Å². The fraction of sp³-hybridized carbons (Fsp3) is 0.294. The van der Waals surface area contributed by atoms with Gasteiger partial charge in [-0.1, -0.05) is 32.9 Å². The molecule has 0 saturated carbocycles. The van der Waals surface area contributed by atoms with Gasteiger partial charge in [-0.3, -0.25) is 4.90 Å². The third kappa shape index (κ3) is 7.05. The minimum atomic E-state index is -0.327. The quantitative estimate of drug-likeness (QED) is 0.204. The molecule has 2 amide bonds. The molecule has 3 aromatic carbocycles. The van der Waals surface area contributed by atoms with Crippen LogP contribution in [0.1, 0.15) is 26.3 Å². The second kappa shape index (κ2) is 12.9. The maximum atomic E-state index is 12.7. The molecule has 4 N–H and O–H groups in total. The van der Waals surface area contributed by atoms with Crippen molar-refractivity contribution in [2.45, 2.75) is 26.2 Å². The highest BCUT2D eigenvalue weighted by atomic mass is 16.5. The molecule has 1 aliphatic rings. The summed E-state index contributed by atoms with van der Waals surface area (Å²) in [6.45, 7) is 11.3. The molecule has 11 heteroatoms. The second-order valence-corrected chi connectivity index (χ2v) is 12.0. The Morgan fingerprint density at radius 3 is 2.20 bits per heavy atom. The van der Waals surface area contributed by atoms with E-state index in [1.807, 2.05) is 72.8 Å². The summed E-state index contributed by atoms with van der Waals surface area (Å²) in [5.74, 6) is 1.13. The number of morpholine rings is 1. The Kier molecular flexibility index (Phi) is 8.63. The summed E-state index contributed by atoms with van der Waals surface area (Å²) in [5, 5.41) is 11.3. The number of carbonyl (C=O) groups is 1. The van der Waals surface area contributed by atoms with Gasteiger partial charge in [0.2, 0.25) is 0 Å². The van der Waals surface area contributed by atoms with E-state index in [2.05, 4.69) is 46.3 Å². The van der Waals surface area contributed by atoms with E-state index in [9.17, 15) is 4.79 Å². The number of nitrogen functional groups attached to an aromatic ring is 1. The number of fused-ring (bicyclic) bond motifs is 1. The third-order valence-electron chi connectivity index (χ3n) is 7.78. The molecule has 0 atom stereocenters. The predicted molar refractivity (Wildman–Crippen MR) is 177 cm³/mol. The number of nitrogens with zero attached hydrogens (tertiary/aromatic N) is 5. The topological polar surface area (TPSA) is 132 Å². The number of aromatic nitrogens is 4. The molecule has 45 heavy (non-hydrogen) atoms. The van der Waals surface area contributed by atoms with Crippen molar-refractivity contribution in [2.24, 2.45) is 0 Å². The summed E-state index contributed by atoms with van der Waals surface area (Å²) in [6.07, 6.45) is 1.43. The minimum Gasteiger partial charge on any atom is -0.492 e. The summed E-state index contributed by atoms with van der Waals surface area (Å²) in [6, 6.07) is 22.7. The number of nitrogens with two attached hydrogens (primary N) is 1. The average Bonchev–Trinajstić information content (AvgIpc) is 3.43. The van der Waals surface area contributed by atoms with Crippen LogP contribution in [0, 0.1) is 0 Å². The Hall–Kier alpha value is -5.00. The molecular formula is C34H38N8O3. The molecule has 0 radical (unpaired) electrons. The molecule has 1 aliphatic heterocycles. The first-order valence-corrected chi connectivity index (χ1v) is 15.1. The number of hydrogen-bond acceptors (Lipinski definition) is 8. The van der Waals surface area contributed by atoms with Crippen LogP contribution in [0.2, 0.25) is 0 Å². The lowest BCUT2D eigenvalue weighted by Gasteiger charge is -2.26. The maximum absolute atomic E-state index is 12.7. The zero-order chi connectivity index (χ0) is 31.4. The van der Waals surface area contributed by atoms with Crippen molar-refractivity contribution < 1.29 is 14.3 Å². The zero-order valence-corrected chi connectivity index (χ0v) is 25.8. The first-order chi connectivity index (χ1) is 21.7. The molecule has 0 spiro atoms. The van der Waals surface area contributed by atoms with Crippen molar-refractivity contribution in [2.75, 3.05) is 55.8 Å². The zero-order valence-electron chi connectivity index (χ0n) is 25.8. The van der Waals surface area contributed by atoms with Gasteiger partial charge in [0.1, 0.15) is 30.2 Å². The number of benzene rings is 3. The van der Waals surface area contributed by atoms with E-state index >= 15 is 0 Å². The first kappa shape index (κ1) is 30.0. The molecule has 2 aromatic heterocycles. The Bertz CT molecular complexity index is 1760. The summed E-state index contributed by atoms with van der Waals surface area (Å²) in [7, 11) is 0. The van der Waals surface area contributed by atoms with Gasteiger partial charge in [-0.25, -0.2) is 19.4 Å². The van der Waals surface area contributed by atoms with E-state index in [0.717, 1.165) is 55.5 Å². The molecule has 5 aromatic rings. The Morgan fingerprint density at radius 1 is 0.911 bits per heavy atom. The highest BCUT2D eigenvalue weighted by Gasteiger charge is 2.19. The summed E-state index contributed by atoms with van der Waals surface area (Å²) in [4.78, 5) is 23.7. The maximum Gasteiger partial charge on any atom is 0.323 e. The van der Waals surface area contributed by atoms with E-state index in [-0.39, 0.29) is 11.4 Å². The summed E-state index contributed by atoms with van der Waals surface area (Å²) < 4.78 is 13.1. The van der Waals surface area contributed by atoms with Crippen LogP contribution in [0.3, 0.4) is 0 Å². The van der Waals surface area contributed by atoms with E-state index in [4.69, 9.17) is 20.3 Å². The largest absolute Gasteiger partial charge is 0.492 e. The van der Waals surface area contributed by atoms with E-state index < -0.39 is 0 Å². The average molecular weight is 607 g/mol. The van der Waals surface area contributed by atoms with Crippen LogP contribution in [-0.2, 0) is 10.2 Å². The van der Waals surface area contributed by atoms with Gasteiger partial charge in [-0.05, 0) is 71.6 Å². The smallest absolute Gasteiger partial charge is 0.323 e. The van der Waals surface area contributed by atoms with Crippen LogP contribution < -0.4 is 21.1 Å². The van der Waals surface area contributed by atoms with E-state index in [1.165, 1.54) is 11.9 Å². The van der Waals surface area contributed by atoms with Crippen LogP contribution in [0.4, 0.5) is 22.0 Å². The lowest BCUT2D eigenvalue weighted by molar-refractivity contribution is 0.0322. The van der Waals surface area contributed by atoms with Crippen molar-refractivity contribution in [1.29, 1.82) is 0 Å². The van der Waals surface area contributed by atoms with Crippen LogP contribution in [-0.4, -0.2) is 70.1 Å². The highest BCUT2D eigenvalue weighted by Crippen LogP contribution is 2.33. The fourth-order valence-corrected chi connectivity index (χ4v) is 5.22. The SMILES string of the molecule is CC(C)(C)c1ccc(NC(=O)Nc2ccc(-n3nc(-c4ccc(OCCN5CCOCC5)cc4)c4c(N)ncnc43)cc2)cc1. The standard InChI is InChI=1S/C34H38N8O3/c1-34(2,3)24-6-8-25(9-7-24)38-33(43)39-26-10-12-27(13-11-26)42-32-29(31(35)36-22-37-32)30(40-42)23-4-14-28(15-5-23)45-21-18-41-16-19-44-20-17-41/h4-15,22H,16-21H2,1-3H3,(H2,35,36,37)(H2,38,39,43). The summed E-state index contributed by atoms with van der Waals surface area (Å²) in [5.41, 5.74) is 11.8. The monoisotopic (exact) mass is 606 g/mol. The molecule has 3 heterocycles. The predicted octanol–water partition coefficient (Wildman–Crippen LogP) is 5.72. The van der Waals surface area contributed by atoms with Gasteiger partial charge >= 0.3 is 6.03 Å². The number of carbonyl (C=O) groups excluding carboxylic acids is 1. The van der Waals surface area contributed by atoms with Gasteiger partial charge in [0, 0.05) is 36.6 Å². The van der Waals surface area contributed by atoms with Gasteiger partial charge in [0.15, 0.2) is 5.65 Å². The fourth-order valence-electron chi connectivity index (χ4n) is 5.22. The lowest BCUT2D eigenvalue weighted by Crippen LogP contribution is -2.38. The second-order valence-electron chi connectivity index (χ2n) is 12.0. The van der Waals surface area contributed by atoms with Crippen molar-refractivity contribution in [1.82, 2.24) is 24.6 Å². The first-order valence-electron chi connectivity index (χ1n) is 15.1. The van der Waals surface area contributed by atoms with Crippen molar-refractivity contribution >= 4 is 34.3 Å². The normalized spacial score (nSPS) is 13.9. The molecular weight excluding hydrogens is 568 g/mol. The van der Waals surface area contributed by atoms with Gasteiger partial charge < -0.3 is 25.8 Å². The minimum absolute atomic E-state index is 0.0454. The van der Waals surface area contributed by atoms with Crippen LogP contribution in [0.25, 0.3) is 28.0 Å². The summed E-state index contributed by atoms with van der Waals surface area (Å²) >= 11 is 0. The number of urea groups is 1. The van der Waals surface area contributed by atoms with E-state index in [1.54, 1.807) is 4.68 Å². The molecule has 1 saturated heterocycles. The molecule has 0 unspecified atom stereocenters. The number of rotatable bonds is 8. The van der Waals surface area contributed by atoms with Gasteiger partial charge in [-0.2, -0.15) is 5.10 Å². The van der Waals surface area contributed by atoms with E-state index in [0.29, 0.717) is 34.8 Å². The van der Waals surface area contributed by atoms with Crippen molar-refractivity contribution in [3.05, 3.63) is 84.7 Å². The van der Waals surface area contributed by atoms with Crippen molar-refractivity contribution in [3.63, 3.8) is 0 Å². The Labute approximate surface area is 262 Å². The van der Waals surface area contributed by atoms with Crippen LogP contribution >= 0.6 is 0 Å². The molecule has 232 valence electrons. The number of ether oxygens (including phenoxy) is 2. The highest BCUT2D eigenvalue weighted by molar-refractivity contribution is 6.00. The van der Waals surface area contributed by atoms with Gasteiger partial charge in [0.05, 0.1) is 24.3 Å². The molecule has 0 aliphatic carbocycles. The van der Waals surface area contributed by atoms with Crippen LogP contribution in [0.5, 0.6) is 5.75 Å². The lowest BCUT2D eigenvalue weighted by atomic mass is 9.87. The number of amides is 2. The molecule has 11 nitrogen and oxygen atoms in total. The third-order valence-corrected chi connectivity index (χ3v) is 7.78. The molecule has 6 rings (SSSR count). The van der Waals surface area contributed by atoms with Gasteiger partial charge in [-0.15, -0.1) is 0 Å². The number of nitrogens with one attached hydrogen (secondary N) is 2. The Morgan fingerprint density at radius 2 is 1.56 bits per heavy atom.